The molecule has 2 aromatic rings. The molecule has 0 saturated heterocycles. The molecule has 104 valence electrons. The van der Waals surface area contributed by atoms with E-state index in [2.05, 4.69) is 4.98 Å². The van der Waals surface area contributed by atoms with Gasteiger partial charge in [-0.3, -0.25) is 4.79 Å². The van der Waals surface area contributed by atoms with Crippen LogP contribution in [0.15, 0.2) is 42.6 Å². The molecule has 0 spiro atoms. The number of halogens is 2. The highest BCUT2D eigenvalue weighted by molar-refractivity contribution is 6.29. The maximum absolute atomic E-state index is 12.9. The minimum atomic E-state index is -0.295. The van der Waals surface area contributed by atoms with Crippen LogP contribution in [0.3, 0.4) is 0 Å². The number of amides is 1. The fourth-order valence-electron chi connectivity index (χ4n) is 1.85. The van der Waals surface area contributed by atoms with Crippen molar-refractivity contribution in [2.45, 2.75) is 13.0 Å². The second kappa shape index (κ2) is 6.01. The average Bonchev–Trinajstić information content (AvgIpc) is 2.46. The molecule has 3 nitrogen and oxygen atoms in total. The lowest BCUT2D eigenvalue weighted by atomic mass is 10.1. The number of benzene rings is 1. The summed E-state index contributed by atoms with van der Waals surface area (Å²) < 4.78 is 12.9. The molecule has 1 aromatic carbocycles. The summed E-state index contributed by atoms with van der Waals surface area (Å²) in [6.45, 7) is 1.88. The third-order valence-corrected chi connectivity index (χ3v) is 3.45. The predicted octanol–water partition coefficient (Wildman–Crippen LogP) is 3.71. The molecule has 0 aliphatic carbocycles. The largest absolute Gasteiger partial charge is 0.335 e. The SMILES string of the molecule is CC(c1ccc(F)cc1)N(C)C(=O)c1ccc(Cl)nc1. The van der Waals surface area contributed by atoms with Crippen molar-refractivity contribution in [3.8, 4) is 0 Å². The van der Waals surface area contributed by atoms with Crippen molar-refractivity contribution in [1.82, 2.24) is 9.88 Å². The molecule has 1 atom stereocenters. The third kappa shape index (κ3) is 3.14. The van der Waals surface area contributed by atoms with Crippen LogP contribution >= 0.6 is 11.6 Å². The van der Waals surface area contributed by atoms with Gasteiger partial charge in [0, 0.05) is 13.2 Å². The van der Waals surface area contributed by atoms with Gasteiger partial charge in [-0.1, -0.05) is 23.7 Å². The summed E-state index contributed by atoms with van der Waals surface area (Å²) >= 11 is 5.70. The number of pyridine rings is 1. The Morgan fingerprint density at radius 3 is 2.45 bits per heavy atom. The highest BCUT2D eigenvalue weighted by atomic mass is 35.5. The molecule has 0 saturated carbocycles. The van der Waals surface area contributed by atoms with E-state index in [1.54, 1.807) is 36.2 Å². The zero-order chi connectivity index (χ0) is 14.7. The Bertz CT molecular complexity index is 598. The zero-order valence-electron chi connectivity index (χ0n) is 11.2. The van der Waals surface area contributed by atoms with E-state index in [0.717, 1.165) is 5.56 Å². The van der Waals surface area contributed by atoms with Gasteiger partial charge in [0.25, 0.3) is 5.91 Å². The van der Waals surface area contributed by atoms with Gasteiger partial charge in [0.05, 0.1) is 11.6 Å². The van der Waals surface area contributed by atoms with Crippen LogP contribution in [0.25, 0.3) is 0 Å². The molecule has 0 bridgehead atoms. The third-order valence-electron chi connectivity index (χ3n) is 3.23. The summed E-state index contributed by atoms with van der Waals surface area (Å²) in [5.74, 6) is -0.456. The Labute approximate surface area is 122 Å². The summed E-state index contributed by atoms with van der Waals surface area (Å²) in [6, 6.07) is 9.14. The highest BCUT2D eigenvalue weighted by Gasteiger charge is 2.19. The number of hydrogen-bond acceptors (Lipinski definition) is 2. The highest BCUT2D eigenvalue weighted by Crippen LogP contribution is 2.21. The van der Waals surface area contributed by atoms with Gasteiger partial charge in [-0.2, -0.15) is 0 Å². The van der Waals surface area contributed by atoms with Gasteiger partial charge in [0.2, 0.25) is 0 Å². The minimum Gasteiger partial charge on any atom is -0.335 e. The lowest BCUT2D eigenvalue weighted by Crippen LogP contribution is -2.29. The number of rotatable bonds is 3. The summed E-state index contributed by atoms with van der Waals surface area (Å²) in [4.78, 5) is 17.8. The van der Waals surface area contributed by atoms with Crippen LogP contribution in [0.4, 0.5) is 4.39 Å². The lowest BCUT2D eigenvalue weighted by molar-refractivity contribution is 0.0742. The number of hydrogen-bond donors (Lipinski definition) is 0. The fraction of sp³-hybridized carbons (Fsp3) is 0.200. The van der Waals surface area contributed by atoms with E-state index >= 15 is 0 Å². The summed E-state index contributed by atoms with van der Waals surface area (Å²) in [7, 11) is 1.70. The van der Waals surface area contributed by atoms with Crippen molar-refractivity contribution in [3.63, 3.8) is 0 Å². The maximum atomic E-state index is 12.9. The first-order valence-electron chi connectivity index (χ1n) is 6.13. The van der Waals surface area contributed by atoms with Crippen LogP contribution in [0.2, 0.25) is 5.15 Å². The molecule has 1 unspecified atom stereocenters. The minimum absolute atomic E-state index is 0.161. The number of carbonyl (C=O) groups is 1. The molecule has 5 heteroatoms. The summed E-state index contributed by atoms with van der Waals surface area (Å²) in [6.07, 6.45) is 1.44. The molecule has 2 rings (SSSR count). The molecule has 1 heterocycles. The molecule has 0 aliphatic heterocycles. The van der Waals surface area contributed by atoms with Crippen molar-refractivity contribution in [3.05, 3.63) is 64.7 Å². The first-order valence-corrected chi connectivity index (χ1v) is 6.51. The lowest BCUT2D eigenvalue weighted by Gasteiger charge is -2.25. The van der Waals surface area contributed by atoms with Gasteiger partial charge in [0.15, 0.2) is 0 Å². The Balaban J connectivity index is 2.17. The molecule has 0 fully saturated rings. The van der Waals surface area contributed by atoms with E-state index in [9.17, 15) is 9.18 Å². The first kappa shape index (κ1) is 14.5. The Kier molecular flexibility index (Phi) is 4.35. The maximum Gasteiger partial charge on any atom is 0.255 e. The normalized spacial score (nSPS) is 12.0. The van der Waals surface area contributed by atoms with Crippen molar-refractivity contribution in [2.75, 3.05) is 7.05 Å². The topological polar surface area (TPSA) is 33.2 Å². The predicted molar refractivity (Wildman–Crippen MR) is 76.2 cm³/mol. The van der Waals surface area contributed by atoms with Crippen LogP contribution < -0.4 is 0 Å². The van der Waals surface area contributed by atoms with E-state index in [-0.39, 0.29) is 17.8 Å². The van der Waals surface area contributed by atoms with Gasteiger partial charge in [0.1, 0.15) is 11.0 Å². The Morgan fingerprint density at radius 1 is 1.25 bits per heavy atom. The summed E-state index contributed by atoms with van der Waals surface area (Å²) in [5, 5.41) is 0.343. The van der Waals surface area contributed by atoms with E-state index < -0.39 is 0 Å². The van der Waals surface area contributed by atoms with Gasteiger partial charge in [-0.25, -0.2) is 9.37 Å². The van der Waals surface area contributed by atoms with Crippen molar-refractivity contribution in [1.29, 1.82) is 0 Å². The van der Waals surface area contributed by atoms with E-state index in [0.29, 0.717) is 10.7 Å². The van der Waals surface area contributed by atoms with Crippen LogP contribution in [-0.2, 0) is 0 Å². The van der Waals surface area contributed by atoms with Crippen LogP contribution in [0.5, 0.6) is 0 Å². The molecular weight excluding hydrogens is 279 g/mol. The van der Waals surface area contributed by atoms with E-state index in [4.69, 9.17) is 11.6 Å². The molecular formula is C15H14ClFN2O. The number of carbonyl (C=O) groups excluding carboxylic acids is 1. The standard InChI is InChI=1S/C15H14ClFN2O/c1-10(11-3-6-13(17)7-4-11)19(2)15(20)12-5-8-14(16)18-9-12/h3-10H,1-2H3. The summed E-state index contributed by atoms with van der Waals surface area (Å²) in [5.41, 5.74) is 1.33. The Hall–Kier alpha value is -1.94. The van der Waals surface area contributed by atoms with Crippen LogP contribution in [0, 0.1) is 5.82 Å². The second-order valence-corrected chi connectivity index (χ2v) is 4.90. The molecule has 0 aliphatic rings. The van der Waals surface area contributed by atoms with E-state index in [1.807, 2.05) is 6.92 Å². The van der Waals surface area contributed by atoms with Gasteiger partial charge < -0.3 is 4.90 Å². The molecule has 1 aromatic heterocycles. The molecule has 1 amide bonds. The monoisotopic (exact) mass is 292 g/mol. The van der Waals surface area contributed by atoms with Crippen molar-refractivity contribution < 1.29 is 9.18 Å². The smallest absolute Gasteiger partial charge is 0.255 e. The zero-order valence-corrected chi connectivity index (χ0v) is 11.9. The number of aromatic nitrogens is 1. The van der Waals surface area contributed by atoms with Crippen LogP contribution in [-0.4, -0.2) is 22.8 Å². The van der Waals surface area contributed by atoms with E-state index in [1.165, 1.54) is 18.3 Å². The van der Waals surface area contributed by atoms with Crippen molar-refractivity contribution >= 4 is 17.5 Å². The second-order valence-electron chi connectivity index (χ2n) is 4.51. The van der Waals surface area contributed by atoms with Gasteiger partial charge in [-0.15, -0.1) is 0 Å². The van der Waals surface area contributed by atoms with Gasteiger partial charge >= 0.3 is 0 Å². The molecule has 0 N–H and O–H groups in total. The number of nitrogens with zero attached hydrogens (tertiary/aromatic N) is 2. The molecule has 20 heavy (non-hydrogen) atoms. The fourth-order valence-corrected chi connectivity index (χ4v) is 1.96. The Morgan fingerprint density at radius 2 is 1.90 bits per heavy atom. The average molecular weight is 293 g/mol. The quantitative estimate of drug-likeness (QED) is 0.808. The first-order chi connectivity index (χ1) is 9.49. The molecule has 0 radical (unpaired) electrons. The van der Waals surface area contributed by atoms with Crippen LogP contribution in [0.1, 0.15) is 28.9 Å². The van der Waals surface area contributed by atoms with Gasteiger partial charge in [-0.05, 0) is 36.8 Å². The van der Waals surface area contributed by atoms with Crippen molar-refractivity contribution in [2.24, 2.45) is 0 Å².